The van der Waals surface area contributed by atoms with Gasteiger partial charge in [0.05, 0.1) is 7.11 Å². The van der Waals surface area contributed by atoms with Crippen LogP contribution in [0.4, 0.5) is 17.6 Å². The van der Waals surface area contributed by atoms with Gasteiger partial charge in [0.15, 0.2) is 0 Å². The van der Waals surface area contributed by atoms with E-state index in [0.717, 1.165) is 6.07 Å². The average Bonchev–Trinajstić information content (AvgIpc) is 2.52. The number of hydrogen-bond donors (Lipinski definition) is 1. The van der Waals surface area contributed by atoms with E-state index >= 15 is 0 Å². The molecule has 0 saturated heterocycles. The van der Waals surface area contributed by atoms with E-state index in [1.807, 2.05) is 0 Å². The van der Waals surface area contributed by atoms with Gasteiger partial charge in [-0.3, -0.25) is 0 Å². The topological polar surface area (TPSA) is 48.1 Å². The largest absolute Gasteiger partial charge is 0.496 e. The van der Waals surface area contributed by atoms with Gasteiger partial charge < -0.3 is 10.5 Å². The smallest absolute Gasteiger partial charge is 0.406 e. The second-order valence-corrected chi connectivity index (χ2v) is 8.13. The summed E-state index contributed by atoms with van der Waals surface area (Å²) >= 11 is 11.6. The van der Waals surface area contributed by atoms with Gasteiger partial charge in [0.25, 0.3) is 0 Å². The zero-order valence-corrected chi connectivity index (χ0v) is 17.0. The van der Waals surface area contributed by atoms with Crippen molar-refractivity contribution >= 4 is 23.2 Å². The zero-order chi connectivity index (χ0) is 21.3. The van der Waals surface area contributed by atoms with Gasteiger partial charge in [-0.25, -0.2) is 9.37 Å². The van der Waals surface area contributed by atoms with Crippen molar-refractivity contribution in [1.29, 1.82) is 0 Å². The van der Waals surface area contributed by atoms with Crippen molar-refractivity contribution in [2.75, 3.05) is 7.11 Å². The molecule has 0 amide bonds. The maximum Gasteiger partial charge on any atom is 0.406 e. The zero-order valence-electron chi connectivity index (χ0n) is 15.5. The number of alkyl halides is 3. The number of nitrogens with two attached hydrogens (primary N) is 1. The van der Waals surface area contributed by atoms with Crippen molar-refractivity contribution < 1.29 is 22.3 Å². The fraction of sp³-hybridized carbons (Fsp3) is 0.421. The first kappa shape index (κ1) is 22.7. The van der Waals surface area contributed by atoms with Crippen molar-refractivity contribution in [3.63, 3.8) is 0 Å². The fourth-order valence-corrected chi connectivity index (χ4v) is 3.84. The maximum absolute atomic E-state index is 14.0. The molecular weight excluding hydrogens is 419 g/mol. The van der Waals surface area contributed by atoms with E-state index < -0.39 is 35.8 Å². The molecule has 9 heteroatoms. The van der Waals surface area contributed by atoms with Gasteiger partial charge in [-0.1, -0.05) is 37.0 Å². The summed E-state index contributed by atoms with van der Waals surface area (Å²) in [5.74, 6) is -0.294. The molecule has 28 heavy (non-hydrogen) atoms. The number of aromatic nitrogens is 1. The first-order chi connectivity index (χ1) is 12.8. The summed E-state index contributed by atoms with van der Waals surface area (Å²) < 4.78 is 60.9. The molecule has 1 heterocycles. The SMILES string of the molecule is COc1ccc(F)cc1C(C)(C)CC(N)(Cc1cc(Cl)nc(Cl)c1)C(F)(F)F. The maximum atomic E-state index is 14.0. The minimum atomic E-state index is -4.74. The molecule has 0 aliphatic rings. The summed E-state index contributed by atoms with van der Waals surface area (Å²) in [4.78, 5) is 3.73. The van der Waals surface area contributed by atoms with E-state index in [0.29, 0.717) is 5.56 Å². The van der Waals surface area contributed by atoms with Crippen molar-refractivity contribution in [3.8, 4) is 5.75 Å². The van der Waals surface area contributed by atoms with Crippen LogP contribution in [0.2, 0.25) is 10.3 Å². The molecule has 1 aromatic carbocycles. The number of hydrogen-bond acceptors (Lipinski definition) is 3. The molecule has 0 aliphatic heterocycles. The van der Waals surface area contributed by atoms with Crippen LogP contribution < -0.4 is 10.5 Å². The number of nitrogens with zero attached hydrogens (tertiary/aromatic N) is 1. The van der Waals surface area contributed by atoms with Crippen molar-refractivity contribution in [1.82, 2.24) is 4.98 Å². The highest BCUT2D eigenvalue weighted by Crippen LogP contribution is 2.44. The van der Waals surface area contributed by atoms with Crippen LogP contribution in [-0.4, -0.2) is 23.8 Å². The molecule has 2 N–H and O–H groups in total. The van der Waals surface area contributed by atoms with Crippen LogP contribution in [-0.2, 0) is 11.8 Å². The van der Waals surface area contributed by atoms with E-state index in [4.69, 9.17) is 33.7 Å². The Hall–Kier alpha value is -1.57. The summed E-state index contributed by atoms with van der Waals surface area (Å²) in [6.45, 7) is 3.12. The Morgan fingerprint density at radius 3 is 2.14 bits per heavy atom. The van der Waals surface area contributed by atoms with Crippen LogP contribution in [0, 0.1) is 5.82 Å². The Balaban J connectivity index is 2.47. The standard InChI is InChI=1S/C19H20Cl2F4N2O/c1-17(2,13-8-12(22)4-5-14(13)28-3)10-18(26,19(23,24)25)9-11-6-15(20)27-16(21)7-11/h4-8H,9-10,26H2,1-3H3. The summed E-state index contributed by atoms with van der Waals surface area (Å²) in [5.41, 5.74) is 2.61. The van der Waals surface area contributed by atoms with Crippen LogP contribution in [0.3, 0.4) is 0 Å². The lowest BCUT2D eigenvalue weighted by atomic mass is 9.71. The second-order valence-electron chi connectivity index (χ2n) is 7.36. The van der Waals surface area contributed by atoms with Crippen LogP contribution in [0.1, 0.15) is 31.4 Å². The quantitative estimate of drug-likeness (QED) is 0.464. The molecule has 1 atom stereocenters. The summed E-state index contributed by atoms with van der Waals surface area (Å²) in [6.07, 6.45) is -5.84. The van der Waals surface area contributed by atoms with Crippen LogP contribution in [0.15, 0.2) is 30.3 Å². The first-order valence-electron chi connectivity index (χ1n) is 8.29. The third-order valence-electron chi connectivity index (χ3n) is 4.55. The van der Waals surface area contributed by atoms with Crippen molar-refractivity contribution in [3.05, 3.63) is 57.6 Å². The first-order valence-corrected chi connectivity index (χ1v) is 9.05. The molecular formula is C19H20Cl2F4N2O. The van der Waals surface area contributed by atoms with Gasteiger partial charge >= 0.3 is 6.18 Å². The molecule has 2 aromatic rings. The van der Waals surface area contributed by atoms with E-state index in [1.165, 1.54) is 31.4 Å². The summed E-state index contributed by atoms with van der Waals surface area (Å²) in [5, 5.41) is -0.0591. The average molecular weight is 439 g/mol. The number of rotatable bonds is 6. The molecule has 0 spiro atoms. The molecule has 0 radical (unpaired) electrons. The third kappa shape index (κ3) is 5.07. The van der Waals surface area contributed by atoms with Gasteiger partial charge in [-0.05, 0) is 54.2 Å². The molecule has 1 aromatic heterocycles. The lowest BCUT2D eigenvalue weighted by Crippen LogP contribution is -2.58. The number of methoxy groups -OCH3 is 1. The minimum Gasteiger partial charge on any atom is -0.496 e. The Bertz CT molecular complexity index is 838. The molecule has 2 rings (SSSR count). The number of halogens is 6. The highest BCUT2D eigenvalue weighted by Gasteiger charge is 2.54. The highest BCUT2D eigenvalue weighted by atomic mass is 35.5. The number of benzene rings is 1. The Labute approximate surface area is 170 Å². The number of pyridine rings is 1. The molecule has 0 bridgehead atoms. The van der Waals surface area contributed by atoms with Crippen molar-refractivity contribution in [2.24, 2.45) is 5.73 Å². The second kappa shape index (κ2) is 8.05. The van der Waals surface area contributed by atoms with Gasteiger partial charge in [-0.15, -0.1) is 0 Å². The van der Waals surface area contributed by atoms with E-state index in [-0.39, 0.29) is 21.6 Å². The highest BCUT2D eigenvalue weighted by molar-refractivity contribution is 6.32. The van der Waals surface area contributed by atoms with E-state index in [9.17, 15) is 17.6 Å². The van der Waals surface area contributed by atoms with Gasteiger partial charge in [0, 0.05) is 5.56 Å². The molecule has 1 unspecified atom stereocenters. The van der Waals surface area contributed by atoms with Crippen LogP contribution >= 0.6 is 23.2 Å². The van der Waals surface area contributed by atoms with E-state index in [2.05, 4.69) is 4.98 Å². The Morgan fingerprint density at radius 2 is 1.64 bits per heavy atom. The normalized spacial score (nSPS) is 14.6. The Kier molecular flexibility index (Phi) is 6.53. The molecule has 0 aliphatic carbocycles. The molecule has 154 valence electrons. The molecule has 0 fully saturated rings. The van der Waals surface area contributed by atoms with Gasteiger partial charge in [-0.2, -0.15) is 13.2 Å². The lowest BCUT2D eigenvalue weighted by Gasteiger charge is -2.39. The van der Waals surface area contributed by atoms with E-state index in [1.54, 1.807) is 13.8 Å². The summed E-state index contributed by atoms with van der Waals surface area (Å²) in [6, 6.07) is 6.29. The van der Waals surface area contributed by atoms with Crippen molar-refractivity contribution in [2.45, 2.75) is 43.8 Å². The fourth-order valence-electron chi connectivity index (χ4n) is 3.34. The van der Waals surface area contributed by atoms with Gasteiger partial charge in [0.2, 0.25) is 0 Å². The predicted octanol–water partition coefficient (Wildman–Crippen LogP) is 5.71. The van der Waals surface area contributed by atoms with Crippen LogP contribution in [0.5, 0.6) is 5.75 Å². The molecule has 3 nitrogen and oxygen atoms in total. The predicted molar refractivity (Wildman–Crippen MR) is 102 cm³/mol. The third-order valence-corrected chi connectivity index (χ3v) is 4.94. The summed E-state index contributed by atoms with van der Waals surface area (Å²) in [7, 11) is 1.37. The lowest BCUT2D eigenvalue weighted by molar-refractivity contribution is -0.191. The molecule has 0 saturated carbocycles. The van der Waals surface area contributed by atoms with Crippen LogP contribution in [0.25, 0.3) is 0 Å². The minimum absolute atomic E-state index is 0.0296. The Morgan fingerprint density at radius 1 is 1.07 bits per heavy atom. The van der Waals surface area contributed by atoms with Gasteiger partial charge in [0.1, 0.15) is 27.4 Å². The monoisotopic (exact) mass is 438 g/mol. The number of ether oxygens (including phenoxy) is 1.